The van der Waals surface area contributed by atoms with E-state index in [2.05, 4.69) is 15.2 Å². The Hall–Kier alpha value is -0.650. The van der Waals surface area contributed by atoms with Gasteiger partial charge >= 0.3 is 0 Å². The number of nitrogens with one attached hydrogen (secondary N) is 1. The number of carbonyl (C=O) groups is 1. The molecule has 0 spiro atoms. The third kappa shape index (κ3) is 5.38. The summed E-state index contributed by atoms with van der Waals surface area (Å²) in [6, 6.07) is 0. The monoisotopic (exact) mass is 282 g/mol. The van der Waals surface area contributed by atoms with Crippen molar-refractivity contribution in [3.63, 3.8) is 0 Å². The fraction of sp³-hybridized carbons (Fsp3) is 0.933. The van der Waals surface area contributed by atoms with Crippen LogP contribution in [-0.2, 0) is 4.79 Å². The zero-order valence-corrected chi connectivity index (χ0v) is 12.6. The predicted molar refractivity (Wildman–Crippen MR) is 81.0 cm³/mol. The summed E-state index contributed by atoms with van der Waals surface area (Å²) in [6.45, 7) is 7.58. The van der Waals surface area contributed by atoms with Gasteiger partial charge in [0.2, 0.25) is 5.91 Å². The maximum absolute atomic E-state index is 11.0. The van der Waals surface area contributed by atoms with E-state index in [0.29, 0.717) is 6.42 Å². The number of hydrogen-bond donors (Lipinski definition) is 2. The molecule has 0 aromatic heterocycles. The first-order chi connectivity index (χ1) is 9.78. The van der Waals surface area contributed by atoms with Crippen LogP contribution < -0.4 is 11.3 Å². The smallest absolute Gasteiger partial charge is 0.233 e. The molecule has 116 valence electrons. The first-order valence-electron chi connectivity index (χ1n) is 8.22. The zero-order valence-electron chi connectivity index (χ0n) is 12.6. The summed E-state index contributed by atoms with van der Waals surface area (Å²) in [4.78, 5) is 16.2. The summed E-state index contributed by atoms with van der Waals surface area (Å²) in [5.74, 6) is 5.93. The highest BCUT2D eigenvalue weighted by Crippen LogP contribution is 2.20. The van der Waals surface area contributed by atoms with Gasteiger partial charge in [-0.05, 0) is 77.2 Å². The van der Waals surface area contributed by atoms with Gasteiger partial charge in [0, 0.05) is 13.0 Å². The molecule has 0 unspecified atom stereocenters. The number of hydrazine groups is 1. The lowest BCUT2D eigenvalue weighted by atomic mass is 9.96. The number of piperidine rings is 1. The van der Waals surface area contributed by atoms with Gasteiger partial charge in [-0.15, -0.1) is 0 Å². The molecule has 1 amide bonds. The van der Waals surface area contributed by atoms with Crippen molar-refractivity contribution in [1.29, 1.82) is 0 Å². The van der Waals surface area contributed by atoms with Crippen molar-refractivity contribution in [2.24, 2.45) is 11.8 Å². The van der Waals surface area contributed by atoms with Crippen LogP contribution in [-0.4, -0.2) is 55.0 Å². The Morgan fingerprint density at radius 3 is 2.40 bits per heavy atom. The number of nitrogens with two attached hydrogens (primary N) is 1. The zero-order chi connectivity index (χ0) is 14.2. The SMILES string of the molecule is NNC(=O)CCCCN1CCC(CN2CCCC2)CC1. The molecule has 2 fully saturated rings. The second kappa shape index (κ2) is 8.60. The molecule has 3 N–H and O–H groups in total. The Balaban J connectivity index is 1.51. The molecular weight excluding hydrogens is 252 g/mol. The lowest BCUT2D eigenvalue weighted by molar-refractivity contribution is -0.121. The topological polar surface area (TPSA) is 61.6 Å². The number of rotatable bonds is 7. The van der Waals surface area contributed by atoms with Crippen LogP contribution in [0.15, 0.2) is 0 Å². The fourth-order valence-corrected chi connectivity index (χ4v) is 3.42. The molecule has 2 saturated heterocycles. The third-order valence-electron chi connectivity index (χ3n) is 4.71. The Morgan fingerprint density at radius 2 is 1.75 bits per heavy atom. The largest absolute Gasteiger partial charge is 0.303 e. The summed E-state index contributed by atoms with van der Waals surface area (Å²) >= 11 is 0. The number of carbonyl (C=O) groups excluding carboxylic acids is 1. The van der Waals surface area contributed by atoms with E-state index >= 15 is 0 Å². The molecule has 2 aliphatic heterocycles. The van der Waals surface area contributed by atoms with Gasteiger partial charge in [0.15, 0.2) is 0 Å². The van der Waals surface area contributed by atoms with Gasteiger partial charge in [-0.3, -0.25) is 10.2 Å². The highest BCUT2D eigenvalue weighted by Gasteiger charge is 2.22. The second-order valence-electron chi connectivity index (χ2n) is 6.32. The molecule has 0 atom stereocenters. The molecule has 0 aromatic carbocycles. The number of nitrogens with zero attached hydrogens (tertiary/aromatic N) is 2. The van der Waals surface area contributed by atoms with Gasteiger partial charge < -0.3 is 9.80 Å². The average molecular weight is 282 g/mol. The summed E-state index contributed by atoms with van der Waals surface area (Å²) in [5.41, 5.74) is 2.19. The van der Waals surface area contributed by atoms with Crippen LogP contribution in [0.2, 0.25) is 0 Å². The van der Waals surface area contributed by atoms with E-state index in [0.717, 1.165) is 25.3 Å². The normalized spacial score (nSPS) is 22.2. The number of hydrogen-bond acceptors (Lipinski definition) is 4. The van der Waals surface area contributed by atoms with E-state index in [-0.39, 0.29) is 5.91 Å². The lowest BCUT2D eigenvalue weighted by Crippen LogP contribution is -2.38. The van der Waals surface area contributed by atoms with Crippen LogP contribution in [0.3, 0.4) is 0 Å². The molecule has 5 nitrogen and oxygen atoms in total. The van der Waals surface area contributed by atoms with E-state index in [1.165, 1.54) is 58.4 Å². The van der Waals surface area contributed by atoms with Crippen LogP contribution in [0.25, 0.3) is 0 Å². The lowest BCUT2D eigenvalue weighted by Gasteiger charge is -2.33. The van der Waals surface area contributed by atoms with Crippen molar-refractivity contribution in [3.8, 4) is 0 Å². The minimum absolute atomic E-state index is 0.0469. The maximum atomic E-state index is 11.0. The molecule has 20 heavy (non-hydrogen) atoms. The number of likely N-dealkylation sites (tertiary alicyclic amines) is 2. The summed E-state index contributed by atoms with van der Waals surface area (Å²) in [6.07, 6.45) is 8.09. The first kappa shape index (κ1) is 15.7. The molecular formula is C15H30N4O. The molecule has 0 bridgehead atoms. The average Bonchev–Trinajstić information content (AvgIpc) is 2.98. The van der Waals surface area contributed by atoms with Crippen molar-refractivity contribution >= 4 is 5.91 Å². The van der Waals surface area contributed by atoms with E-state index in [1.807, 2.05) is 0 Å². The molecule has 2 rings (SSSR count). The van der Waals surface area contributed by atoms with Gasteiger partial charge in [-0.2, -0.15) is 0 Å². The van der Waals surface area contributed by atoms with Gasteiger partial charge in [-0.1, -0.05) is 0 Å². The summed E-state index contributed by atoms with van der Waals surface area (Å²) in [7, 11) is 0. The van der Waals surface area contributed by atoms with Crippen molar-refractivity contribution in [3.05, 3.63) is 0 Å². The van der Waals surface area contributed by atoms with Crippen LogP contribution >= 0.6 is 0 Å². The van der Waals surface area contributed by atoms with Crippen LogP contribution in [0.1, 0.15) is 44.9 Å². The van der Waals surface area contributed by atoms with Crippen molar-refractivity contribution < 1.29 is 4.79 Å². The third-order valence-corrected chi connectivity index (χ3v) is 4.71. The van der Waals surface area contributed by atoms with Gasteiger partial charge in [-0.25, -0.2) is 5.84 Å². The molecule has 0 saturated carbocycles. The highest BCUT2D eigenvalue weighted by molar-refractivity contribution is 5.75. The molecule has 0 aromatic rings. The molecule has 0 aliphatic carbocycles. The molecule has 0 radical (unpaired) electrons. The number of amides is 1. The fourth-order valence-electron chi connectivity index (χ4n) is 3.42. The van der Waals surface area contributed by atoms with Crippen LogP contribution in [0.4, 0.5) is 0 Å². The molecule has 5 heteroatoms. The van der Waals surface area contributed by atoms with Gasteiger partial charge in [0.05, 0.1) is 0 Å². The van der Waals surface area contributed by atoms with E-state index in [9.17, 15) is 4.79 Å². The predicted octanol–water partition coefficient (Wildman–Crippen LogP) is 0.954. The van der Waals surface area contributed by atoms with Crippen LogP contribution in [0, 0.1) is 5.92 Å². The van der Waals surface area contributed by atoms with E-state index < -0.39 is 0 Å². The Morgan fingerprint density at radius 1 is 1.05 bits per heavy atom. The van der Waals surface area contributed by atoms with Crippen molar-refractivity contribution in [1.82, 2.24) is 15.2 Å². The van der Waals surface area contributed by atoms with Gasteiger partial charge in [0.1, 0.15) is 0 Å². The summed E-state index contributed by atoms with van der Waals surface area (Å²) < 4.78 is 0. The van der Waals surface area contributed by atoms with E-state index in [4.69, 9.17) is 5.84 Å². The van der Waals surface area contributed by atoms with Gasteiger partial charge in [0.25, 0.3) is 0 Å². The Labute approximate surface area is 122 Å². The van der Waals surface area contributed by atoms with Crippen molar-refractivity contribution in [2.75, 3.05) is 39.3 Å². The Kier molecular flexibility index (Phi) is 6.76. The molecule has 2 heterocycles. The minimum Gasteiger partial charge on any atom is -0.303 e. The Bertz CT molecular complexity index is 284. The number of unbranched alkanes of at least 4 members (excludes halogenated alkanes) is 1. The second-order valence-corrected chi connectivity index (χ2v) is 6.32. The van der Waals surface area contributed by atoms with E-state index in [1.54, 1.807) is 0 Å². The maximum Gasteiger partial charge on any atom is 0.233 e. The highest BCUT2D eigenvalue weighted by atomic mass is 16.2. The first-order valence-corrected chi connectivity index (χ1v) is 8.22. The van der Waals surface area contributed by atoms with Crippen molar-refractivity contribution in [2.45, 2.75) is 44.9 Å². The molecule has 2 aliphatic rings. The minimum atomic E-state index is -0.0469. The van der Waals surface area contributed by atoms with Crippen LogP contribution in [0.5, 0.6) is 0 Å². The quantitative estimate of drug-likeness (QED) is 0.316. The standard InChI is InChI=1S/C15H30N4O/c16-17-15(20)5-1-2-8-18-11-6-14(7-12-18)13-19-9-3-4-10-19/h14H,1-13,16H2,(H,17,20). The summed E-state index contributed by atoms with van der Waals surface area (Å²) in [5, 5.41) is 0.